The fourth-order valence-electron chi connectivity index (χ4n) is 2.05. The molecule has 1 aliphatic heterocycles. The van der Waals surface area contributed by atoms with Crippen molar-refractivity contribution in [2.24, 2.45) is 5.73 Å². The molecule has 0 saturated carbocycles. The highest BCUT2D eigenvalue weighted by Crippen LogP contribution is 2.42. The van der Waals surface area contributed by atoms with Crippen molar-refractivity contribution in [1.29, 1.82) is 0 Å². The maximum Gasteiger partial charge on any atom is 0.128 e. The first kappa shape index (κ1) is 10.5. The quantitative estimate of drug-likeness (QED) is 0.707. The number of benzene rings is 1. The van der Waals surface area contributed by atoms with Gasteiger partial charge in [-0.25, -0.2) is 0 Å². The summed E-state index contributed by atoms with van der Waals surface area (Å²) in [6.07, 6.45) is 0.0866. The zero-order chi connectivity index (χ0) is 11.2. The van der Waals surface area contributed by atoms with E-state index in [0.29, 0.717) is 0 Å². The minimum atomic E-state index is 0.0160. The van der Waals surface area contributed by atoms with Gasteiger partial charge >= 0.3 is 0 Å². The Kier molecular flexibility index (Phi) is 2.27. The SMILES string of the molecule is CC1Oc2c(cccc2C(C)(C)C)C1N. The van der Waals surface area contributed by atoms with Crippen LogP contribution in [0.25, 0.3) is 0 Å². The van der Waals surface area contributed by atoms with E-state index in [9.17, 15) is 0 Å². The summed E-state index contributed by atoms with van der Waals surface area (Å²) in [4.78, 5) is 0. The Morgan fingerprint density at radius 2 is 1.93 bits per heavy atom. The number of hydrogen-bond acceptors (Lipinski definition) is 2. The van der Waals surface area contributed by atoms with Crippen molar-refractivity contribution >= 4 is 0 Å². The van der Waals surface area contributed by atoms with E-state index < -0.39 is 0 Å². The van der Waals surface area contributed by atoms with Gasteiger partial charge in [0, 0.05) is 5.56 Å². The average Bonchev–Trinajstić information content (AvgIpc) is 2.41. The summed E-state index contributed by atoms with van der Waals surface area (Å²) >= 11 is 0. The standard InChI is InChI=1S/C13H19NO/c1-8-11(14)9-6-5-7-10(12(9)15-8)13(2,3)4/h5-8,11H,14H2,1-4H3. The normalized spacial score (nSPS) is 24.9. The predicted octanol–water partition coefficient (Wildman–Crippen LogP) is 2.76. The number of fused-ring (bicyclic) bond motifs is 1. The highest BCUT2D eigenvalue weighted by atomic mass is 16.5. The third kappa shape index (κ3) is 1.63. The Labute approximate surface area is 91.4 Å². The Morgan fingerprint density at radius 3 is 2.53 bits per heavy atom. The van der Waals surface area contributed by atoms with Crippen LogP contribution in [0, 0.1) is 0 Å². The molecule has 1 aromatic carbocycles. The van der Waals surface area contributed by atoms with Crippen LogP contribution in [0.1, 0.15) is 44.9 Å². The van der Waals surface area contributed by atoms with Gasteiger partial charge in [0.2, 0.25) is 0 Å². The minimum absolute atomic E-state index is 0.0160. The van der Waals surface area contributed by atoms with Crippen LogP contribution < -0.4 is 10.5 Å². The van der Waals surface area contributed by atoms with Crippen molar-refractivity contribution in [2.45, 2.75) is 45.3 Å². The summed E-state index contributed by atoms with van der Waals surface area (Å²) in [7, 11) is 0. The number of hydrogen-bond donors (Lipinski definition) is 1. The van der Waals surface area contributed by atoms with E-state index in [2.05, 4.69) is 39.0 Å². The van der Waals surface area contributed by atoms with Gasteiger partial charge in [-0.15, -0.1) is 0 Å². The van der Waals surface area contributed by atoms with E-state index >= 15 is 0 Å². The highest BCUT2D eigenvalue weighted by Gasteiger charge is 2.32. The van der Waals surface area contributed by atoms with Crippen molar-refractivity contribution in [1.82, 2.24) is 0 Å². The second-order valence-corrected chi connectivity index (χ2v) is 5.32. The van der Waals surface area contributed by atoms with E-state index in [1.165, 1.54) is 5.56 Å². The maximum absolute atomic E-state index is 6.08. The van der Waals surface area contributed by atoms with E-state index in [1.54, 1.807) is 0 Å². The molecule has 0 aromatic heterocycles. The Balaban J connectivity index is 2.55. The zero-order valence-electron chi connectivity index (χ0n) is 9.87. The lowest BCUT2D eigenvalue weighted by Gasteiger charge is -2.21. The van der Waals surface area contributed by atoms with Gasteiger partial charge in [-0.3, -0.25) is 0 Å². The van der Waals surface area contributed by atoms with Gasteiger partial charge in [-0.05, 0) is 17.9 Å². The molecule has 1 heterocycles. The van der Waals surface area contributed by atoms with Gasteiger partial charge < -0.3 is 10.5 Å². The van der Waals surface area contributed by atoms with E-state index in [-0.39, 0.29) is 17.6 Å². The third-order valence-corrected chi connectivity index (χ3v) is 3.02. The number of rotatable bonds is 0. The van der Waals surface area contributed by atoms with E-state index in [4.69, 9.17) is 10.5 Å². The lowest BCUT2D eigenvalue weighted by Crippen LogP contribution is -2.21. The first-order valence-electron chi connectivity index (χ1n) is 5.47. The number of para-hydroxylation sites is 1. The van der Waals surface area contributed by atoms with Crippen LogP contribution in [0.4, 0.5) is 0 Å². The molecule has 15 heavy (non-hydrogen) atoms. The summed E-state index contributed by atoms with van der Waals surface area (Å²) in [6, 6.07) is 6.28. The molecule has 0 radical (unpaired) electrons. The highest BCUT2D eigenvalue weighted by molar-refractivity contribution is 5.49. The molecule has 2 atom stereocenters. The maximum atomic E-state index is 6.08. The van der Waals surface area contributed by atoms with Crippen LogP contribution in [-0.4, -0.2) is 6.10 Å². The van der Waals surface area contributed by atoms with Gasteiger partial charge in [0.25, 0.3) is 0 Å². The summed E-state index contributed by atoms with van der Waals surface area (Å²) in [5.41, 5.74) is 8.58. The van der Waals surface area contributed by atoms with E-state index in [0.717, 1.165) is 11.3 Å². The summed E-state index contributed by atoms with van der Waals surface area (Å²) in [5.74, 6) is 1.00. The fourth-order valence-corrected chi connectivity index (χ4v) is 2.05. The fraction of sp³-hybridized carbons (Fsp3) is 0.538. The van der Waals surface area contributed by atoms with Crippen molar-refractivity contribution in [3.8, 4) is 5.75 Å². The molecule has 2 rings (SSSR count). The van der Waals surface area contributed by atoms with Gasteiger partial charge in [0.1, 0.15) is 11.9 Å². The van der Waals surface area contributed by atoms with Gasteiger partial charge in [-0.1, -0.05) is 39.0 Å². The molecule has 0 fully saturated rings. The van der Waals surface area contributed by atoms with Crippen LogP contribution in [0.3, 0.4) is 0 Å². The summed E-state index contributed by atoms with van der Waals surface area (Å²) in [6.45, 7) is 8.61. The molecule has 2 heteroatoms. The molecule has 1 aromatic rings. The Morgan fingerprint density at radius 1 is 1.27 bits per heavy atom. The summed E-state index contributed by atoms with van der Waals surface area (Å²) < 4.78 is 5.85. The van der Waals surface area contributed by atoms with Crippen LogP contribution in [0.5, 0.6) is 5.75 Å². The zero-order valence-corrected chi connectivity index (χ0v) is 9.87. The first-order valence-corrected chi connectivity index (χ1v) is 5.47. The van der Waals surface area contributed by atoms with Gasteiger partial charge in [0.05, 0.1) is 6.04 Å². The minimum Gasteiger partial charge on any atom is -0.488 e. The number of ether oxygens (including phenoxy) is 1. The molecule has 0 aliphatic carbocycles. The van der Waals surface area contributed by atoms with Crippen molar-refractivity contribution in [3.63, 3.8) is 0 Å². The molecular formula is C13H19NO. The van der Waals surface area contributed by atoms with Crippen LogP contribution in [0.2, 0.25) is 0 Å². The second kappa shape index (κ2) is 3.24. The van der Waals surface area contributed by atoms with Crippen LogP contribution in [-0.2, 0) is 5.41 Å². The van der Waals surface area contributed by atoms with Gasteiger partial charge in [0.15, 0.2) is 0 Å². The summed E-state index contributed by atoms with van der Waals surface area (Å²) in [5, 5.41) is 0. The van der Waals surface area contributed by atoms with Crippen molar-refractivity contribution in [2.75, 3.05) is 0 Å². The second-order valence-electron chi connectivity index (χ2n) is 5.32. The van der Waals surface area contributed by atoms with Crippen LogP contribution >= 0.6 is 0 Å². The molecule has 1 aliphatic rings. The Bertz CT molecular complexity index is 379. The molecule has 0 amide bonds. The molecule has 0 saturated heterocycles. The first-order chi connectivity index (χ1) is 6.91. The molecular weight excluding hydrogens is 186 g/mol. The molecule has 2 nitrogen and oxygen atoms in total. The average molecular weight is 205 g/mol. The number of nitrogens with two attached hydrogens (primary N) is 1. The van der Waals surface area contributed by atoms with Crippen LogP contribution in [0.15, 0.2) is 18.2 Å². The lowest BCUT2D eigenvalue weighted by molar-refractivity contribution is 0.224. The molecule has 2 N–H and O–H groups in total. The Hall–Kier alpha value is -1.02. The topological polar surface area (TPSA) is 35.2 Å². The lowest BCUT2D eigenvalue weighted by atomic mass is 9.85. The van der Waals surface area contributed by atoms with Gasteiger partial charge in [-0.2, -0.15) is 0 Å². The third-order valence-electron chi connectivity index (χ3n) is 3.02. The molecule has 82 valence electrons. The molecule has 0 bridgehead atoms. The largest absolute Gasteiger partial charge is 0.488 e. The van der Waals surface area contributed by atoms with Crippen molar-refractivity contribution < 1.29 is 4.74 Å². The smallest absolute Gasteiger partial charge is 0.128 e. The molecule has 2 unspecified atom stereocenters. The molecule has 0 spiro atoms. The van der Waals surface area contributed by atoms with Crippen molar-refractivity contribution in [3.05, 3.63) is 29.3 Å². The predicted molar refractivity (Wildman–Crippen MR) is 62.2 cm³/mol. The van der Waals surface area contributed by atoms with E-state index in [1.807, 2.05) is 6.92 Å². The monoisotopic (exact) mass is 205 g/mol.